The fraction of sp³-hybridized carbons (Fsp3) is 0.312. The fourth-order valence-corrected chi connectivity index (χ4v) is 3.03. The summed E-state index contributed by atoms with van der Waals surface area (Å²) in [6, 6.07) is 4.67. The Bertz CT molecular complexity index is 713. The van der Waals surface area contributed by atoms with Gasteiger partial charge in [-0.1, -0.05) is 23.2 Å². The number of nitrogens with one attached hydrogen (secondary N) is 2. The maximum atomic E-state index is 12.2. The molecule has 1 aromatic heterocycles. The molecule has 2 N–H and O–H groups in total. The smallest absolute Gasteiger partial charge is 0.319 e. The number of nitrogens with zero attached hydrogens (tertiary/aromatic N) is 3. The molecule has 0 saturated carbocycles. The topological polar surface area (TPSA) is 70.2 Å². The molecular weight excluding hydrogens is 349 g/mol. The minimum absolute atomic E-state index is 0.0266. The summed E-state index contributed by atoms with van der Waals surface area (Å²) >= 11 is 12.0. The predicted molar refractivity (Wildman–Crippen MR) is 95.9 cm³/mol. The number of carbonyl (C=O) groups is 1. The number of halogens is 2. The van der Waals surface area contributed by atoms with E-state index in [1.165, 1.54) is 0 Å². The second-order valence-corrected chi connectivity index (χ2v) is 6.42. The van der Waals surface area contributed by atoms with Crippen molar-refractivity contribution in [2.45, 2.75) is 18.9 Å². The van der Waals surface area contributed by atoms with Crippen LogP contribution >= 0.6 is 23.2 Å². The van der Waals surface area contributed by atoms with E-state index >= 15 is 0 Å². The maximum absolute atomic E-state index is 12.2. The number of amides is 2. The standard InChI is InChI=1S/C16H17Cl2N5O/c17-11-3-4-13(18)14(8-11)22-16(24)21-12-2-1-7-23(10-12)15-9-19-5-6-20-15/h3-6,8-9,12H,1-2,7,10H2,(H2,21,22,24). The van der Waals surface area contributed by atoms with E-state index in [0.717, 1.165) is 25.2 Å². The molecule has 1 fully saturated rings. The minimum atomic E-state index is -0.301. The number of carbonyl (C=O) groups excluding carboxylic acids is 1. The molecule has 24 heavy (non-hydrogen) atoms. The first-order valence-electron chi connectivity index (χ1n) is 7.65. The van der Waals surface area contributed by atoms with Crippen LogP contribution in [0.15, 0.2) is 36.8 Å². The molecule has 2 heterocycles. The molecule has 2 aromatic rings. The third kappa shape index (κ3) is 4.27. The molecule has 0 spiro atoms. The minimum Gasteiger partial charge on any atom is -0.353 e. The average molecular weight is 366 g/mol. The second-order valence-electron chi connectivity index (χ2n) is 5.57. The van der Waals surface area contributed by atoms with E-state index < -0.39 is 0 Å². The molecule has 0 radical (unpaired) electrons. The van der Waals surface area contributed by atoms with Crippen LogP contribution in [0.4, 0.5) is 16.3 Å². The first-order chi connectivity index (χ1) is 11.6. The van der Waals surface area contributed by atoms with Crippen molar-refractivity contribution in [3.63, 3.8) is 0 Å². The zero-order chi connectivity index (χ0) is 16.9. The van der Waals surface area contributed by atoms with E-state index in [2.05, 4.69) is 25.5 Å². The summed E-state index contributed by atoms with van der Waals surface area (Å²) in [6.45, 7) is 1.59. The number of anilines is 2. The van der Waals surface area contributed by atoms with E-state index in [-0.39, 0.29) is 12.1 Å². The van der Waals surface area contributed by atoms with Crippen LogP contribution in [-0.2, 0) is 0 Å². The first-order valence-corrected chi connectivity index (χ1v) is 8.41. The van der Waals surface area contributed by atoms with Gasteiger partial charge in [-0.05, 0) is 31.0 Å². The van der Waals surface area contributed by atoms with Crippen LogP contribution in [0.25, 0.3) is 0 Å². The van der Waals surface area contributed by atoms with Gasteiger partial charge in [0.05, 0.1) is 16.9 Å². The van der Waals surface area contributed by atoms with Gasteiger partial charge in [-0.25, -0.2) is 9.78 Å². The molecule has 8 heteroatoms. The van der Waals surface area contributed by atoms with Crippen molar-refractivity contribution in [2.24, 2.45) is 0 Å². The summed E-state index contributed by atoms with van der Waals surface area (Å²) in [4.78, 5) is 22.7. The third-order valence-electron chi connectivity index (χ3n) is 3.81. The lowest BCUT2D eigenvalue weighted by Crippen LogP contribution is -2.49. The Morgan fingerprint density at radius 2 is 2.17 bits per heavy atom. The van der Waals surface area contributed by atoms with Gasteiger partial charge < -0.3 is 15.5 Å². The van der Waals surface area contributed by atoms with Crippen molar-refractivity contribution in [3.05, 3.63) is 46.8 Å². The van der Waals surface area contributed by atoms with Crippen LogP contribution in [0, 0.1) is 0 Å². The Morgan fingerprint density at radius 1 is 1.29 bits per heavy atom. The van der Waals surface area contributed by atoms with Crippen LogP contribution in [0.5, 0.6) is 0 Å². The highest BCUT2D eigenvalue weighted by molar-refractivity contribution is 6.35. The van der Waals surface area contributed by atoms with Gasteiger partial charge in [-0.3, -0.25) is 4.98 Å². The monoisotopic (exact) mass is 365 g/mol. The fourth-order valence-electron chi connectivity index (χ4n) is 2.69. The zero-order valence-corrected chi connectivity index (χ0v) is 14.4. The highest BCUT2D eigenvalue weighted by Crippen LogP contribution is 2.25. The van der Waals surface area contributed by atoms with Gasteiger partial charge in [0.15, 0.2) is 0 Å². The Morgan fingerprint density at radius 3 is 2.96 bits per heavy atom. The Balaban J connectivity index is 1.59. The normalized spacial score (nSPS) is 17.4. The van der Waals surface area contributed by atoms with Crippen molar-refractivity contribution in [1.82, 2.24) is 15.3 Å². The molecular formula is C16H17Cl2N5O. The molecule has 2 amide bonds. The average Bonchev–Trinajstić information content (AvgIpc) is 2.59. The van der Waals surface area contributed by atoms with E-state index in [1.54, 1.807) is 36.8 Å². The van der Waals surface area contributed by atoms with Gasteiger partial charge >= 0.3 is 6.03 Å². The molecule has 0 aliphatic carbocycles. The summed E-state index contributed by atoms with van der Waals surface area (Å²) in [7, 11) is 0. The summed E-state index contributed by atoms with van der Waals surface area (Å²) in [5.41, 5.74) is 0.489. The van der Waals surface area contributed by atoms with Gasteiger partial charge in [-0.2, -0.15) is 0 Å². The molecule has 1 unspecified atom stereocenters. The van der Waals surface area contributed by atoms with E-state index in [1.807, 2.05) is 0 Å². The summed E-state index contributed by atoms with van der Waals surface area (Å²) in [5.74, 6) is 0.822. The molecule has 6 nitrogen and oxygen atoms in total. The van der Waals surface area contributed by atoms with Crippen molar-refractivity contribution in [3.8, 4) is 0 Å². The Hall–Kier alpha value is -2.05. The molecule has 3 rings (SSSR count). The Kier molecular flexibility index (Phi) is 5.37. The number of piperidine rings is 1. The summed E-state index contributed by atoms with van der Waals surface area (Å²) in [5, 5.41) is 6.67. The number of rotatable bonds is 3. The molecule has 1 aromatic carbocycles. The van der Waals surface area contributed by atoms with Gasteiger partial charge in [0.25, 0.3) is 0 Å². The van der Waals surface area contributed by atoms with Gasteiger partial charge in [0.1, 0.15) is 5.82 Å². The van der Waals surface area contributed by atoms with Crippen molar-refractivity contribution < 1.29 is 4.79 Å². The highest BCUT2D eigenvalue weighted by Gasteiger charge is 2.22. The highest BCUT2D eigenvalue weighted by atomic mass is 35.5. The zero-order valence-electron chi connectivity index (χ0n) is 12.9. The number of hydrogen-bond acceptors (Lipinski definition) is 4. The van der Waals surface area contributed by atoms with E-state index in [0.29, 0.717) is 22.3 Å². The van der Waals surface area contributed by atoms with Crippen molar-refractivity contribution in [1.29, 1.82) is 0 Å². The number of benzene rings is 1. The summed E-state index contributed by atoms with van der Waals surface area (Å²) in [6.07, 6.45) is 6.92. The predicted octanol–water partition coefficient (Wildman–Crippen LogP) is 3.57. The van der Waals surface area contributed by atoms with Crippen LogP contribution in [0.2, 0.25) is 10.0 Å². The first kappa shape index (κ1) is 16.8. The van der Waals surface area contributed by atoms with Crippen molar-refractivity contribution in [2.75, 3.05) is 23.3 Å². The van der Waals surface area contributed by atoms with E-state index in [4.69, 9.17) is 23.2 Å². The lowest BCUT2D eigenvalue weighted by molar-refractivity contribution is 0.246. The molecule has 126 valence electrons. The van der Waals surface area contributed by atoms with E-state index in [9.17, 15) is 4.79 Å². The van der Waals surface area contributed by atoms with Crippen LogP contribution in [0.1, 0.15) is 12.8 Å². The van der Waals surface area contributed by atoms with Gasteiger partial charge in [0, 0.05) is 36.5 Å². The van der Waals surface area contributed by atoms with Gasteiger partial charge in [0.2, 0.25) is 0 Å². The number of hydrogen-bond donors (Lipinski definition) is 2. The lowest BCUT2D eigenvalue weighted by atomic mass is 10.1. The SMILES string of the molecule is O=C(Nc1cc(Cl)ccc1Cl)NC1CCCN(c2cnccn2)C1. The molecule has 1 saturated heterocycles. The number of urea groups is 1. The van der Waals surface area contributed by atoms with Crippen molar-refractivity contribution >= 4 is 40.7 Å². The third-order valence-corrected chi connectivity index (χ3v) is 4.37. The maximum Gasteiger partial charge on any atom is 0.319 e. The largest absolute Gasteiger partial charge is 0.353 e. The number of aromatic nitrogens is 2. The molecule has 1 atom stereocenters. The molecule has 1 aliphatic heterocycles. The van der Waals surface area contributed by atoms with Crippen LogP contribution in [0.3, 0.4) is 0 Å². The lowest BCUT2D eigenvalue weighted by Gasteiger charge is -2.33. The van der Waals surface area contributed by atoms with Gasteiger partial charge in [-0.15, -0.1) is 0 Å². The molecule has 1 aliphatic rings. The van der Waals surface area contributed by atoms with Crippen LogP contribution < -0.4 is 15.5 Å². The van der Waals surface area contributed by atoms with Crippen LogP contribution in [-0.4, -0.2) is 35.1 Å². The molecule has 0 bridgehead atoms. The second kappa shape index (κ2) is 7.68. The Labute approximate surface area is 150 Å². The summed E-state index contributed by atoms with van der Waals surface area (Å²) < 4.78 is 0. The quantitative estimate of drug-likeness (QED) is 0.871.